The number of nitrogens with one attached hydrogen (secondary N) is 2. The van der Waals surface area contributed by atoms with Gasteiger partial charge in [-0.05, 0) is 51.2 Å². The number of halogens is 2. The second-order valence-corrected chi connectivity index (χ2v) is 6.76. The second-order valence-electron chi connectivity index (χ2n) is 6.76. The second kappa shape index (κ2) is 14.2. The molecule has 0 saturated carbocycles. The van der Waals surface area contributed by atoms with Crippen molar-refractivity contribution in [2.45, 2.75) is 19.9 Å². The highest BCUT2D eigenvalue weighted by molar-refractivity contribution is 14.0. The van der Waals surface area contributed by atoms with Crippen LogP contribution >= 0.6 is 24.0 Å². The minimum absolute atomic E-state index is 0. The Balaban J connectivity index is 0.00000420. The number of likely N-dealkylation sites (N-methyl/N-ethyl adjacent to an activating group) is 1. The molecular formula is C22H32FIN4O. The third kappa shape index (κ3) is 9.94. The fraction of sp³-hybridized carbons (Fsp3) is 0.409. The van der Waals surface area contributed by atoms with Crippen LogP contribution in [0.4, 0.5) is 4.39 Å². The van der Waals surface area contributed by atoms with Crippen molar-refractivity contribution in [2.75, 3.05) is 40.3 Å². The molecule has 2 aromatic carbocycles. The molecule has 0 unspecified atom stereocenters. The lowest BCUT2D eigenvalue weighted by atomic mass is 10.1. The molecule has 29 heavy (non-hydrogen) atoms. The van der Waals surface area contributed by atoms with Crippen molar-refractivity contribution in [3.63, 3.8) is 0 Å². The number of benzene rings is 2. The predicted octanol–water partition coefficient (Wildman–Crippen LogP) is 3.68. The number of guanidine groups is 1. The van der Waals surface area contributed by atoms with Gasteiger partial charge in [-0.15, -0.1) is 24.0 Å². The molecule has 0 aromatic heterocycles. The molecule has 0 atom stereocenters. The lowest BCUT2D eigenvalue weighted by Crippen LogP contribution is -2.38. The van der Waals surface area contributed by atoms with Gasteiger partial charge in [-0.2, -0.15) is 0 Å². The van der Waals surface area contributed by atoms with Crippen LogP contribution in [0.1, 0.15) is 18.1 Å². The van der Waals surface area contributed by atoms with Crippen molar-refractivity contribution in [1.29, 1.82) is 0 Å². The van der Waals surface area contributed by atoms with E-state index in [0.29, 0.717) is 13.2 Å². The van der Waals surface area contributed by atoms with Crippen molar-refractivity contribution in [2.24, 2.45) is 4.99 Å². The lowest BCUT2D eigenvalue weighted by Gasteiger charge is -2.14. The smallest absolute Gasteiger partial charge is 0.191 e. The monoisotopic (exact) mass is 514 g/mol. The van der Waals surface area contributed by atoms with Crippen LogP contribution in [0.15, 0.2) is 53.5 Å². The Bertz CT molecular complexity index is 738. The van der Waals surface area contributed by atoms with Crippen LogP contribution < -0.4 is 15.4 Å². The molecule has 0 bridgehead atoms. The van der Waals surface area contributed by atoms with Crippen molar-refractivity contribution in [3.8, 4) is 5.75 Å². The van der Waals surface area contributed by atoms with Gasteiger partial charge in [-0.3, -0.25) is 0 Å². The molecule has 2 N–H and O–H groups in total. The first-order chi connectivity index (χ1) is 13.6. The van der Waals surface area contributed by atoms with Crippen molar-refractivity contribution in [3.05, 3.63) is 65.5 Å². The third-order valence-electron chi connectivity index (χ3n) is 4.14. The van der Waals surface area contributed by atoms with Gasteiger partial charge in [0, 0.05) is 25.2 Å². The van der Waals surface area contributed by atoms with E-state index in [9.17, 15) is 4.39 Å². The maximum absolute atomic E-state index is 13.0. The number of para-hydroxylation sites is 1. The van der Waals surface area contributed by atoms with Crippen LogP contribution in [0.5, 0.6) is 5.75 Å². The fourth-order valence-electron chi connectivity index (χ4n) is 2.60. The summed E-state index contributed by atoms with van der Waals surface area (Å²) in [5.74, 6) is 1.42. The Labute approximate surface area is 190 Å². The SMILES string of the molecule is CCNC(=NCc1ccccc1OCCN(C)C)NCCc1ccc(F)cc1.I. The van der Waals surface area contributed by atoms with Gasteiger partial charge in [0.25, 0.3) is 0 Å². The Morgan fingerprint density at radius 2 is 1.79 bits per heavy atom. The van der Waals surface area contributed by atoms with Gasteiger partial charge in [0.1, 0.15) is 18.2 Å². The summed E-state index contributed by atoms with van der Waals surface area (Å²) in [6.45, 7) is 5.58. The average molecular weight is 514 g/mol. The summed E-state index contributed by atoms with van der Waals surface area (Å²) in [6.07, 6.45) is 0.801. The Hall–Kier alpha value is -1.87. The highest BCUT2D eigenvalue weighted by atomic mass is 127. The molecule has 0 aliphatic carbocycles. The van der Waals surface area contributed by atoms with E-state index in [4.69, 9.17) is 4.74 Å². The summed E-state index contributed by atoms with van der Waals surface area (Å²) in [6, 6.07) is 14.6. The van der Waals surface area contributed by atoms with Crippen LogP contribution in [0.2, 0.25) is 0 Å². The summed E-state index contributed by atoms with van der Waals surface area (Å²) < 4.78 is 18.9. The van der Waals surface area contributed by atoms with Crippen LogP contribution in [-0.2, 0) is 13.0 Å². The van der Waals surface area contributed by atoms with Crippen molar-refractivity contribution < 1.29 is 9.13 Å². The quantitative estimate of drug-likeness (QED) is 0.289. The molecule has 0 aliphatic heterocycles. The minimum Gasteiger partial charge on any atom is -0.492 e. The van der Waals surface area contributed by atoms with Crippen molar-refractivity contribution >= 4 is 29.9 Å². The lowest BCUT2D eigenvalue weighted by molar-refractivity contribution is 0.259. The largest absolute Gasteiger partial charge is 0.492 e. The molecule has 0 heterocycles. The number of hydrogen-bond donors (Lipinski definition) is 2. The third-order valence-corrected chi connectivity index (χ3v) is 4.14. The molecular weight excluding hydrogens is 482 g/mol. The van der Waals surface area contributed by atoms with Crippen LogP contribution in [0.25, 0.3) is 0 Å². The van der Waals surface area contributed by atoms with E-state index in [-0.39, 0.29) is 29.8 Å². The molecule has 0 radical (unpaired) electrons. The van der Waals surface area contributed by atoms with Crippen LogP contribution in [0, 0.1) is 5.82 Å². The van der Waals surface area contributed by atoms with E-state index in [0.717, 1.165) is 48.9 Å². The maximum atomic E-state index is 13.0. The van der Waals surface area contributed by atoms with Gasteiger partial charge in [0.05, 0.1) is 6.54 Å². The molecule has 0 aliphatic rings. The van der Waals surface area contributed by atoms with Crippen LogP contribution in [0.3, 0.4) is 0 Å². The highest BCUT2D eigenvalue weighted by Crippen LogP contribution is 2.18. The summed E-state index contributed by atoms with van der Waals surface area (Å²) >= 11 is 0. The van der Waals surface area contributed by atoms with Gasteiger partial charge < -0.3 is 20.3 Å². The number of rotatable bonds is 10. The molecule has 7 heteroatoms. The van der Waals surface area contributed by atoms with Gasteiger partial charge in [0.2, 0.25) is 0 Å². The Morgan fingerprint density at radius 1 is 1.07 bits per heavy atom. The van der Waals surface area contributed by atoms with E-state index in [1.165, 1.54) is 12.1 Å². The molecule has 5 nitrogen and oxygen atoms in total. The fourth-order valence-corrected chi connectivity index (χ4v) is 2.60. The number of hydrogen-bond acceptors (Lipinski definition) is 3. The molecule has 0 fully saturated rings. The van der Waals surface area contributed by atoms with Crippen LogP contribution in [-0.4, -0.2) is 51.2 Å². The zero-order valence-electron chi connectivity index (χ0n) is 17.5. The first kappa shape index (κ1) is 25.2. The van der Waals surface area contributed by atoms with Gasteiger partial charge in [-0.1, -0.05) is 30.3 Å². The summed E-state index contributed by atoms with van der Waals surface area (Å²) in [5, 5.41) is 6.59. The standard InChI is InChI=1S/C22H31FN4O.HI/c1-4-24-22(25-14-13-18-9-11-20(23)12-10-18)26-17-19-7-5-6-8-21(19)28-16-15-27(2)3;/h5-12H,4,13-17H2,1-3H3,(H2,24,25,26);1H. The van der Waals surface area contributed by atoms with E-state index >= 15 is 0 Å². The average Bonchev–Trinajstić information content (AvgIpc) is 2.68. The molecule has 0 amide bonds. The molecule has 2 rings (SSSR count). The Kier molecular flexibility index (Phi) is 12.3. The molecule has 160 valence electrons. The van der Waals surface area contributed by atoms with E-state index in [1.54, 1.807) is 0 Å². The van der Waals surface area contributed by atoms with E-state index in [2.05, 4.69) is 20.5 Å². The van der Waals surface area contributed by atoms with Gasteiger partial charge >= 0.3 is 0 Å². The topological polar surface area (TPSA) is 48.9 Å². The Morgan fingerprint density at radius 3 is 2.48 bits per heavy atom. The summed E-state index contributed by atoms with van der Waals surface area (Å²) in [4.78, 5) is 6.77. The first-order valence-electron chi connectivity index (χ1n) is 9.70. The van der Waals surface area contributed by atoms with Crippen molar-refractivity contribution in [1.82, 2.24) is 15.5 Å². The van der Waals surface area contributed by atoms with E-state index in [1.807, 2.05) is 57.4 Å². The molecule has 2 aromatic rings. The number of nitrogens with zero attached hydrogens (tertiary/aromatic N) is 2. The number of ether oxygens (including phenoxy) is 1. The maximum Gasteiger partial charge on any atom is 0.191 e. The minimum atomic E-state index is -0.210. The zero-order valence-corrected chi connectivity index (χ0v) is 19.8. The summed E-state index contributed by atoms with van der Waals surface area (Å²) in [5.41, 5.74) is 2.14. The normalized spacial score (nSPS) is 11.1. The van der Waals surface area contributed by atoms with Gasteiger partial charge in [0.15, 0.2) is 5.96 Å². The molecule has 0 spiro atoms. The van der Waals surface area contributed by atoms with E-state index < -0.39 is 0 Å². The number of aliphatic imine (C=N–C) groups is 1. The molecule has 0 saturated heterocycles. The van der Waals surface area contributed by atoms with Gasteiger partial charge in [-0.25, -0.2) is 9.38 Å². The summed E-state index contributed by atoms with van der Waals surface area (Å²) in [7, 11) is 4.06. The predicted molar refractivity (Wildman–Crippen MR) is 129 cm³/mol. The highest BCUT2D eigenvalue weighted by Gasteiger charge is 2.04. The first-order valence-corrected chi connectivity index (χ1v) is 9.70. The zero-order chi connectivity index (χ0) is 20.2.